The van der Waals surface area contributed by atoms with E-state index in [1.54, 1.807) is 11.8 Å². The number of ketones is 1. The highest BCUT2D eigenvalue weighted by molar-refractivity contribution is 7.99. The number of carbonyl (C=O) groups excluding carboxylic acids is 2. The molecule has 25 heavy (non-hydrogen) atoms. The lowest BCUT2D eigenvalue weighted by Crippen LogP contribution is -2.42. The number of alkyl halides is 1. The van der Waals surface area contributed by atoms with Crippen molar-refractivity contribution < 1.29 is 9.59 Å². The van der Waals surface area contributed by atoms with Gasteiger partial charge in [0.25, 0.3) is 0 Å². The molecule has 0 rings (SSSR count). The Hall–Kier alpha value is -0.220. The second-order valence-corrected chi connectivity index (χ2v) is 8.23. The molecule has 0 fully saturated rings. The van der Waals surface area contributed by atoms with Crippen LogP contribution in [0.25, 0.3) is 0 Å². The third kappa shape index (κ3) is 17.0. The molecule has 0 radical (unpaired) electrons. The Labute approximate surface area is 164 Å². The van der Waals surface area contributed by atoms with Gasteiger partial charge >= 0.3 is 0 Å². The van der Waals surface area contributed by atoms with Gasteiger partial charge in [0.1, 0.15) is 0 Å². The van der Waals surface area contributed by atoms with E-state index in [2.05, 4.69) is 12.2 Å². The van der Waals surface area contributed by atoms with Crippen LogP contribution >= 0.6 is 23.4 Å². The van der Waals surface area contributed by atoms with Crippen molar-refractivity contribution in [3.63, 3.8) is 0 Å². The first kappa shape index (κ1) is 24.8. The molecule has 0 aliphatic carbocycles. The molecule has 0 heterocycles. The first-order valence-corrected chi connectivity index (χ1v) is 11.7. The van der Waals surface area contributed by atoms with Gasteiger partial charge in [-0.05, 0) is 12.2 Å². The van der Waals surface area contributed by atoms with Gasteiger partial charge < -0.3 is 5.32 Å². The fourth-order valence-electron chi connectivity index (χ4n) is 2.80. The summed E-state index contributed by atoms with van der Waals surface area (Å²) in [5.41, 5.74) is 0. The summed E-state index contributed by atoms with van der Waals surface area (Å²) < 4.78 is 0. The molecule has 148 valence electrons. The summed E-state index contributed by atoms with van der Waals surface area (Å²) in [6, 6.07) is -0.433. The summed E-state index contributed by atoms with van der Waals surface area (Å²) in [5.74, 6) is 1.37. The molecule has 0 spiro atoms. The molecule has 0 aliphatic rings. The molecule has 1 amide bonds. The molecule has 5 heteroatoms. The van der Waals surface area contributed by atoms with Gasteiger partial charge in [0, 0.05) is 12.7 Å². The Morgan fingerprint density at radius 2 is 1.36 bits per heavy atom. The Morgan fingerprint density at radius 1 is 0.880 bits per heavy atom. The number of carbonyl (C=O) groups is 2. The van der Waals surface area contributed by atoms with Crippen LogP contribution in [0.3, 0.4) is 0 Å². The lowest BCUT2D eigenvalue weighted by molar-refractivity contribution is -0.124. The Morgan fingerprint density at radius 3 is 1.80 bits per heavy atom. The molecule has 0 aromatic rings. The predicted molar refractivity (Wildman–Crippen MR) is 112 cm³/mol. The highest BCUT2D eigenvalue weighted by atomic mass is 35.5. The van der Waals surface area contributed by atoms with Crippen LogP contribution in [-0.2, 0) is 9.59 Å². The van der Waals surface area contributed by atoms with Crippen molar-refractivity contribution in [1.82, 2.24) is 5.32 Å². The van der Waals surface area contributed by atoms with Crippen molar-refractivity contribution in [2.24, 2.45) is 0 Å². The summed E-state index contributed by atoms with van der Waals surface area (Å²) >= 11 is 7.32. The molecule has 1 N–H and O–H groups in total. The maximum Gasteiger partial charge on any atom is 0.217 e. The minimum Gasteiger partial charge on any atom is -0.346 e. The number of amides is 1. The largest absolute Gasteiger partial charge is 0.346 e. The number of Topliss-reactive ketones (excluding diaryl/α,β-unsaturated/α-hetero) is 1. The number of rotatable bonds is 18. The lowest BCUT2D eigenvalue weighted by atomic mass is 10.1. The zero-order valence-corrected chi connectivity index (χ0v) is 17.9. The second-order valence-electron chi connectivity index (χ2n) is 6.82. The van der Waals surface area contributed by atoms with E-state index in [0.29, 0.717) is 5.75 Å². The fraction of sp³-hybridized carbons (Fsp3) is 0.900. The molecule has 0 aliphatic heterocycles. The van der Waals surface area contributed by atoms with Gasteiger partial charge in [0.2, 0.25) is 5.91 Å². The van der Waals surface area contributed by atoms with E-state index in [4.69, 9.17) is 11.6 Å². The molecule has 3 nitrogen and oxygen atoms in total. The number of unbranched alkanes of at least 4 members (excludes halogenated alkanes) is 11. The van der Waals surface area contributed by atoms with E-state index in [9.17, 15) is 9.59 Å². The number of hydrogen-bond acceptors (Lipinski definition) is 3. The lowest BCUT2D eigenvalue weighted by Gasteiger charge is -2.15. The van der Waals surface area contributed by atoms with Gasteiger partial charge in [0.15, 0.2) is 5.78 Å². The zero-order chi connectivity index (χ0) is 18.8. The van der Waals surface area contributed by atoms with Crippen molar-refractivity contribution in [1.29, 1.82) is 0 Å². The van der Waals surface area contributed by atoms with Gasteiger partial charge in [-0.15, -0.1) is 11.6 Å². The minimum absolute atomic E-state index is 0.0376. The Bertz CT molecular complexity index is 340. The van der Waals surface area contributed by atoms with Crippen LogP contribution in [0.5, 0.6) is 0 Å². The van der Waals surface area contributed by atoms with Crippen LogP contribution in [0.1, 0.15) is 90.9 Å². The first-order valence-electron chi connectivity index (χ1n) is 10.0. The van der Waals surface area contributed by atoms with E-state index < -0.39 is 6.04 Å². The fourth-order valence-corrected chi connectivity index (χ4v) is 4.07. The van der Waals surface area contributed by atoms with Crippen LogP contribution in [0.2, 0.25) is 0 Å². The molecular weight excluding hydrogens is 354 g/mol. The summed E-state index contributed by atoms with van der Waals surface area (Å²) in [5, 5.41) is 2.68. The van der Waals surface area contributed by atoms with Crippen LogP contribution in [0, 0.1) is 0 Å². The molecular formula is C20H38ClNO2S. The van der Waals surface area contributed by atoms with E-state index in [1.807, 2.05) is 0 Å². The van der Waals surface area contributed by atoms with Gasteiger partial charge in [-0.1, -0.05) is 77.6 Å². The van der Waals surface area contributed by atoms with E-state index in [-0.39, 0.29) is 17.6 Å². The summed E-state index contributed by atoms with van der Waals surface area (Å²) in [7, 11) is 0. The monoisotopic (exact) mass is 391 g/mol. The maximum absolute atomic E-state index is 11.7. The van der Waals surface area contributed by atoms with Crippen molar-refractivity contribution in [2.75, 3.05) is 17.4 Å². The minimum atomic E-state index is -0.433. The second kappa shape index (κ2) is 18.6. The highest BCUT2D eigenvalue weighted by Gasteiger charge is 2.17. The average Bonchev–Trinajstić information content (AvgIpc) is 2.60. The molecule has 0 aromatic carbocycles. The highest BCUT2D eigenvalue weighted by Crippen LogP contribution is 2.14. The van der Waals surface area contributed by atoms with Crippen LogP contribution < -0.4 is 5.32 Å². The number of thioether (sulfide) groups is 1. The first-order chi connectivity index (χ1) is 12.1. The SMILES string of the molecule is CCCCCCCCCCCCCCSCC(NC(C)=O)C(=O)CCl. The van der Waals surface area contributed by atoms with Crippen molar-refractivity contribution in [2.45, 2.75) is 96.9 Å². The predicted octanol–water partition coefficient (Wildman–Crippen LogP) is 5.73. The number of halogens is 1. The third-order valence-corrected chi connectivity index (χ3v) is 5.73. The Kier molecular flexibility index (Phi) is 18.4. The van der Waals surface area contributed by atoms with Crippen molar-refractivity contribution in [3.05, 3.63) is 0 Å². The normalized spacial score (nSPS) is 12.1. The standard InChI is InChI=1S/C20H38ClNO2S/c1-3-4-5-6-7-8-9-10-11-12-13-14-15-25-17-19(20(24)16-21)22-18(2)23/h19H,3-17H2,1-2H3,(H,22,23). The van der Waals surface area contributed by atoms with Gasteiger partial charge in [-0.3, -0.25) is 9.59 Å². The van der Waals surface area contributed by atoms with Gasteiger partial charge in [-0.2, -0.15) is 11.8 Å². The smallest absolute Gasteiger partial charge is 0.217 e. The summed E-state index contributed by atoms with van der Waals surface area (Å²) in [4.78, 5) is 22.8. The molecule has 1 unspecified atom stereocenters. The van der Waals surface area contributed by atoms with Gasteiger partial charge in [-0.25, -0.2) is 0 Å². The Balaban J connectivity index is 3.39. The van der Waals surface area contributed by atoms with Crippen LogP contribution in [0.15, 0.2) is 0 Å². The van der Waals surface area contributed by atoms with Crippen molar-refractivity contribution in [3.8, 4) is 0 Å². The molecule has 0 saturated carbocycles. The van der Waals surface area contributed by atoms with Crippen LogP contribution in [-0.4, -0.2) is 35.1 Å². The zero-order valence-electron chi connectivity index (χ0n) is 16.3. The number of nitrogens with one attached hydrogen (secondary N) is 1. The van der Waals surface area contributed by atoms with E-state index >= 15 is 0 Å². The number of hydrogen-bond donors (Lipinski definition) is 1. The quantitative estimate of drug-likeness (QED) is 0.239. The third-order valence-electron chi connectivity index (χ3n) is 4.32. The molecule has 0 bridgehead atoms. The average molecular weight is 392 g/mol. The van der Waals surface area contributed by atoms with Gasteiger partial charge in [0.05, 0.1) is 11.9 Å². The molecule has 1 atom stereocenters. The van der Waals surface area contributed by atoms with E-state index in [0.717, 1.165) is 5.75 Å². The topological polar surface area (TPSA) is 46.2 Å². The summed E-state index contributed by atoms with van der Waals surface area (Å²) in [6.45, 7) is 3.70. The van der Waals surface area contributed by atoms with E-state index in [1.165, 1.54) is 84.0 Å². The summed E-state index contributed by atoms with van der Waals surface area (Å²) in [6.07, 6.45) is 16.2. The molecule has 0 saturated heterocycles. The maximum atomic E-state index is 11.7. The van der Waals surface area contributed by atoms with Crippen molar-refractivity contribution >= 4 is 35.1 Å². The molecule has 0 aromatic heterocycles. The van der Waals surface area contributed by atoms with Crippen LogP contribution in [0.4, 0.5) is 0 Å².